The van der Waals surface area contributed by atoms with Crippen molar-refractivity contribution in [3.63, 3.8) is 0 Å². The van der Waals surface area contributed by atoms with Gasteiger partial charge in [-0.05, 0) is 13.3 Å². The van der Waals surface area contributed by atoms with Crippen LogP contribution in [0, 0.1) is 11.3 Å². The highest BCUT2D eigenvalue weighted by Crippen LogP contribution is 1.96. The summed E-state index contributed by atoms with van der Waals surface area (Å²) in [7, 11) is 0.780. The van der Waals surface area contributed by atoms with Crippen molar-refractivity contribution < 1.29 is 4.43 Å². The summed E-state index contributed by atoms with van der Waals surface area (Å²) in [6.07, 6.45) is 1.78. The average molecular weight is 129 g/mol. The van der Waals surface area contributed by atoms with Gasteiger partial charge in [0.1, 0.15) is 10.5 Å². The summed E-state index contributed by atoms with van der Waals surface area (Å²) in [5.74, 6) is 0. The first kappa shape index (κ1) is 7.67. The van der Waals surface area contributed by atoms with Crippen LogP contribution in [0.15, 0.2) is 0 Å². The van der Waals surface area contributed by atoms with Gasteiger partial charge >= 0.3 is 0 Å². The lowest BCUT2D eigenvalue weighted by Gasteiger charge is -2.04. The van der Waals surface area contributed by atoms with E-state index in [0.29, 0.717) is 12.5 Å². The van der Waals surface area contributed by atoms with Gasteiger partial charge in [0.25, 0.3) is 0 Å². The Morgan fingerprint density at radius 3 is 2.88 bits per heavy atom. The summed E-state index contributed by atoms with van der Waals surface area (Å²) in [5, 5.41) is 8.12. The topological polar surface area (TPSA) is 33.0 Å². The van der Waals surface area contributed by atoms with E-state index >= 15 is 0 Å². The van der Waals surface area contributed by atoms with Crippen LogP contribution >= 0.6 is 0 Å². The fourth-order valence-electron chi connectivity index (χ4n) is 0.386. The molecule has 8 heavy (non-hydrogen) atoms. The molecule has 0 bridgehead atoms. The van der Waals surface area contributed by atoms with E-state index in [9.17, 15) is 0 Å². The third-order valence-electron chi connectivity index (χ3n) is 1.07. The Hall–Kier alpha value is -0.333. The molecule has 0 spiro atoms. The molecule has 0 saturated heterocycles. The molecule has 0 radical (unpaired) electrons. The maximum Gasteiger partial charge on any atom is 0.146 e. The van der Waals surface area contributed by atoms with E-state index < -0.39 is 0 Å². The molecule has 46 valence electrons. The smallest absolute Gasteiger partial charge is 0.146 e. The van der Waals surface area contributed by atoms with Crippen molar-refractivity contribution in [3.8, 4) is 6.07 Å². The van der Waals surface area contributed by atoms with Gasteiger partial charge in [-0.15, -0.1) is 0 Å². The van der Waals surface area contributed by atoms with E-state index in [1.165, 1.54) is 0 Å². The summed E-state index contributed by atoms with van der Waals surface area (Å²) in [6, 6.07) is 2.07. The molecule has 0 saturated carbocycles. The van der Waals surface area contributed by atoms with Crippen molar-refractivity contribution in [1.29, 1.82) is 5.26 Å². The summed E-state index contributed by atoms with van der Waals surface area (Å²) in [4.78, 5) is 0. The Kier molecular flexibility index (Phi) is 4.62. The van der Waals surface area contributed by atoms with Crippen LogP contribution < -0.4 is 0 Å². The lowest BCUT2D eigenvalue weighted by molar-refractivity contribution is 0.234. The minimum atomic E-state index is 0.293. The molecular weight excluding hydrogens is 118 g/mol. The van der Waals surface area contributed by atoms with Gasteiger partial charge in [-0.1, -0.05) is 0 Å². The second-order valence-electron chi connectivity index (χ2n) is 1.74. The minimum absolute atomic E-state index is 0.293. The number of hydrogen-bond acceptors (Lipinski definition) is 2. The zero-order chi connectivity index (χ0) is 6.41. The maximum absolute atomic E-state index is 8.12. The Labute approximate surface area is 53.0 Å². The van der Waals surface area contributed by atoms with Crippen LogP contribution in [-0.4, -0.2) is 16.6 Å². The molecule has 0 amide bonds. The van der Waals surface area contributed by atoms with E-state index in [1.807, 2.05) is 6.92 Å². The zero-order valence-corrected chi connectivity index (χ0v) is 7.35. The van der Waals surface area contributed by atoms with Gasteiger partial charge in [0.2, 0.25) is 0 Å². The molecule has 0 aliphatic rings. The Morgan fingerprint density at radius 1 is 1.88 bits per heavy atom. The van der Waals surface area contributed by atoms with Crippen molar-refractivity contribution in [2.24, 2.45) is 0 Å². The van der Waals surface area contributed by atoms with Gasteiger partial charge in [-0.25, -0.2) is 0 Å². The molecule has 0 N–H and O–H groups in total. The van der Waals surface area contributed by atoms with Crippen LogP contribution in [0.4, 0.5) is 0 Å². The highest BCUT2D eigenvalue weighted by molar-refractivity contribution is 5.98. The van der Waals surface area contributed by atoms with Gasteiger partial charge in [0.15, 0.2) is 0 Å². The highest BCUT2D eigenvalue weighted by Gasteiger charge is 1.94. The summed E-state index contributed by atoms with van der Waals surface area (Å²) >= 11 is 0. The third kappa shape index (κ3) is 3.84. The van der Waals surface area contributed by atoms with E-state index in [2.05, 4.69) is 6.07 Å². The summed E-state index contributed by atoms with van der Waals surface area (Å²) in [5.41, 5.74) is 0. The summed E-state index contributed by atoms with van der Waals surface area (Å²) in [6.45, 7) is 1.99. The first-order chi connectivity index (χ1) is 3.81. The third-order valence-corrected chi connectivity index (χ3v) is 1.87. The van der Waals surface area contributed by atoms with Gasteiger partial charge in [-0.3, -0.25) is 0 Å². The van der Waals surface area contributed by atoms with Gasteiger partial charge < -0.3 is 4.43 Å². The molecule has 1 atom stereocenters. The molecule has 0 aliphatic carbocycles. The molecule has 0 aromatic heterocycles. The highest BCUT2D eigenvalue weighted by atomic mass is 28.2. The largest absolute Gasteiger partial charge is 0.425 e. The monoisotopic (exact) mass is 129 g/mol. The van der Waals surface area contributed by atoms with Crippen LogP contribution in [0.5, 0.6) is 0 Å². The normalized spacial score (nSPS) is 13.0. The predicted octanol–water partition coefficient (Wildman–Crippen LogP) is -0.0243. The first-order valence-corrected chi connectivity index (χ1v) is 3.52. The Morgan fingerprint density at radius 2 is 2.50 bits per heavy atom. The van der Waals surface area contributed by atoms with Crippen molar-refractivity contribution >= 4 is 10.5 Å². The Bertz CT molecular complexity index is 88.9. The molecule has 0 aliphatic heterocycles. The summed E-state index contributed by atoms with van der Waals surface area (Å²) < 4.78 is 5.04. The van der Waals surface area contributed by atoms with E-state index in [4.69, 9.17) is 9.69 Å². The molecule has 0 aromatic rings. The van der Waals surface area contributed by atoms with Crippen LogP contribution in [0.25, 0.3) is 0 Å². The number of nitrogens with zero attached hydrogens (tertiary/aromatic N) is 1. The molecule has 0 fully saturated rings. The quantitative estimate of drug-likeness (QED) is 0.502. The first-order valence-electron chi connectivity index (χ1n) is 2.71. The zero-order valence-electron chi connectivity index (χ0n) is 5.35. The number of hydrogen-bond donors (Lipinski definition) is 0. The second kappa shape index (κ2) is 4.82. The molecule has 2 nitrogen and oxygen atoms in total. The lowest BCUT2D eigenvalue weighted by atomic mass is 10.2. The van der Waals surface area contributed by atoms with Gasteiger partial charge in [0.05, 0.1) is 6.07 Å². The van der Waals surface area contributed by atoms with E-state index in [0.717, 1.165) is 16.9 Å². The molecule has 0 heterocycles. The molecule has 3 heteroatoms. The number of rotatable bonds is 3. The van der Waals surface area contributed by atoms with Crippen LogP contribution in [0.3, 0.4) is 0 Å². The average Bonchev–Trinajstić information content (AvgIpc) is 1.83. The lowest BCUT2D eigenvalue weighted by Crippen LogP contribution is -2.03. The van der Waals surface area contributed by atoms with Crippen molar-refractivity contribution in [2.75, 3.05) is 0 Å². The second-order valence-corrected chi connectivity index (χ2v) is 2.21. The maximum atomic E-state index is 8.12. The van der Waals surface area contributed by atoms with Crippen molar-refractivity contribution in [3.05, 3.63) is 0 Å². The SMILES string of the molecule is CC(CCC#N)O[SiH3]. The van der Waals surface area contributed by atoms with Gasteiger partial charge in [-0.2, -0.15) is 5.26 Å². The molecule has 0 rings (SSSR count). The number of nitriles is 1. The standard InChI is InChI=1S/C5H11NOSi/c1-5(7-8)3-2-4-6/h5H,2-3H2,1,8H3. The molecule has 1 unspecified atom stereocenters. The predicted molar refractivity (Wildman–Crippen MR) is 35.3 cm³/mol. The fraction of sp³-hybridized carbons (Fsp3) is 0.800. The van der Waals surface area contributed by atoms with E-state index in [1.54, 1.807) is 0 Å². The van der Waals surface area contributed by atoms with E-state index in [-0.39, 0.29) is 0 Å². The van der Waals surface area contributed by atoms with Crippen molar-refractivity contribution in [1.82, 2.24) is 0 Å². The van der Waals surface area contributed by atoms with Crippen molar-refractivity contribution in [2.45, 2.75) is 25.9 Å². The van der Waals surface area contributed by atoms with Crippen LogP contribution in [0.1, 0.15) is 19.8 Å². The fourth-order valence-corrected chi connectivity index (χ4v) is 0.621. The van der Waals surface area contributed by atoms with Crippen LogP contribution in [-0.2, 0) is 4.43 Å². The van der Waals surface area contributed by atoms with Crippen LogP contribution in [0.2, 0.25) is 0 Å². The minimum Gasteiger partial charge on any atom is -0.425 e. The molecule has 0 aromatic carbocycles. The Balaban J connectivity index is 3.01. The van der Waals surface area contributed by atoms with Gasteiger partial charge in [0, 0.05) is 12.5 Å². The molecular formula is C5H11NOSi.